The van der Waals surface area contributed by atoms with E-state index in [1.54, 1.807) is 12.1 Å². The van der Waals surface area contributed by atoms with Crippen LogP contribution < -0.4 is 5.32 Å². The number of hydrogen-bond acceptors (Lipinski definition) is 1. The molecule has 1 aromatic carbocycles. The minimum atomic E-state index is -0.130. The molecule has 0 spiro atoms. The molecule has 0 atom stereocenters. The number of benzene rings is 1. The summed E-state index contributed by atoms with van der Waals surface area (Å²) in [6, 6.07) is 7.60. The molecule has 2 heteroatoms. The maximum atomic E-state index is 13.1. The molecule has 0 heterocycles. The van der Waals surface area contributed by atoms with Gasteiger partial charge in [-0.05, 0) is 67.7 Å². The summed E-state index contributed by atoms with van der Waals surface area (Å²) in [5.41, 5.74) is 1.58. The second-order valence-electron chi connectivity index (χ2n) is 7.22. The van der Waals surface area contributed by atoms with Crippen LogP contribution in [0.2, 0.25) is 0 Å². The van der Waals surface area contributed by atoms with E-state index in [4.69, 9.17) is 0 Å². The van der Waals surface area contributed by atoms with E-state index in [9.17, 15) is 4.39 Å². The molecule has 0 unspecified atom stereocenters. The van der Waals surface area contributed by atoms with Crippen molar-refractivity contribution >= 4 is 0 Å². The van der Waals surface area contributed by atoms with E-state index in [2.05, 4.69) is 26.1 Å². The van der Waals surface area contributed by atoms with E-state index in [0.29, 0.717) is 11.5 Å². The van der Waals surface area contributed by atoms with Gasteiger partial charge in [0.2, 0.25) is 0 Å². The van der Waals surface area contributed by atoms with E-state index < -0.39 is 0 Å². The molecule has 0 amide bonds. The van der Waals surface area contributed by atoms with E-state index in [1.165, 1.54) is 38.2 Å². The molecular formula is C19H30FN. The lowest BCUT2D eigenvalue weighted by atomic mass is 9.69. The SMILES string of the molecule is CCC(C)(C)C1CCC(NCCc2cccc(F)c2)CC1. The highest BCUT2D eigenvalue weighted by Crippen LogP contribution is 2.40. The minimum absolute atomic E-state index is 0.130. The Morgan fingerprint density at radius 2 is 1.90 bits per heavy atom. The van der Waals surface area contributed by atoms with Gasteiger partial charge in [-0.3, -0.25) is 0 Å². The molecule has 1 nitrogen and oxygen atoms in total. The molecule has 1 aliphatic carbocycles. The van der Waals surface area contributed by atoms with Crippen LogP contribution in [-0.4, -0.2) is 12.6 Å². The van der Waals surface area contributed by atoms with Gasteiger partial charge in [0, 0.05) is 6.04 Å². The van der Waals surface area contributed by atoms with Gasteiger partial charge in [0.05, 0.1) is 0 Å². The van der Waals surface area contributed by atoms with Crippen molar-refractivity contribution in [1.29, 1.82) is 0 Å². The maximum absolute atomic E-state index is 13.1. The van der Waals surface area contributed by atoms with Crippen molar-refractivity contribution in [3.63, 3.8) is 0 Å². The van der Waals surface area contributed by atoms with Crippen LogP contribution in [0.1, 0.15) is 58.4 Å². The Kier molecular flexibility index (Phi) is 5.80. The molecule has 21 heavy (non-hydrogen) atoms. The molecule has 1 aliphatic rings. The van der Waals surface area contributed by atoms with Crippen LogP contribution in [0.3, 0.4) is 0 Å². The summed E-state index contributed by atoms with van der Waals surface area (Å²) in [4.78, 5) is 0. The Labute approximate surface area is 129 Å². The summed E-state index contributed by atoms with van der Waals surface area (Å²) in [7, 11) is 0. The van der Waals surface area contributed by atoms with E-state index >= 15 is 0 Å². The molecule has 1 fully saturated rings. The van der Waals surface area contributed by atoms with Crippen LogP contribution in [0.25, 0.3) is 0 Å². The number of hydrogen-bond donors (Lipinski definition) is 1. The van der Waals surface area contributed by atoms with Crippen LogP contribution in [0, 0.1) is 17.2 Å². The first kappa shape index (κ1) is 16.5. The van der Waals surface area contributed by atoms with E-state index in [1.807, 2.05) is 6.07 Å². The number of nitrogens with one attached hydrogen (secondary N) is 1. The zero-order chi connectivity index (χ0) is 15.3. The normalized spacial score (nSPS) is 23.2. The van der Waals surface area contributed by atoms with Gasteiger partial charge in [0.25, 0.3) is 0 Å². The molecule has 1 saturated carbocycles. The smallest absolute Gasteiger partial charge is 0.123 e. The monoisotopic (exact) mass is 291 g/mol. The van der Waals surface area contributed by atoms with Gasteiger partial charge in [-0.2, -0.15) is 0 Å². The van der Waals surface area contributed by atoms with Gasteiger partial charge in [-0.15, -0.1) is 0 Å². The second-order valence-corrected chi connectivity index (χ2v) is 7.22. The van der Waals surface area contributed by atoms with Gasteiger partial charge in [0.15, 0.2) is 0 Å². The third-order valence-electron chi connectivity index (χ3n) is 5.48. The van der Waals surface area contributed by atoms with Crippen LogP contribution in [-0.2, 0) is 6.42 Å². The summed E-state index contributed by atoms with van der Waals surface area (Å²) < 4.78 is 13.1. The molecule has 1 aromatic rings. The first-order valence-electron chi connectivity index (χ1n) is 8.49. The number of rotatable bonds is 6. The molecule has 0 radical (unpaired) electrons. The Morgan fingerprint density at radius 1 is 1.19 bits per heavy atom. The molecule has 118 valence electrons. The molecule has 2 rings (SSSR count). The standard InChI is InChI=1S/C19H30FN/c1-4-19(2,3)16-8-10-18(11-9-16)21-13-12-15-6-5-7-17(20)14-15/h5-7,14,16,18,21H,4,8-13H2,1-3H3. The molecule has 0 saturated heterocycles. The summed E-state index contributed by atoms with van der Waals surface area (Å²) in [5.74, 6) is 0.749. The van der Waals surface area contributed by atoms with Crippen molar-refractivity contribution in [1.82, 2.24) is 5.32 Å². The zero-order valence-electron chi connectivity index (χ0n) is 13.8. The van der Waals surface area contributed by atoms with Gasteiger partial charge in [-0.25, -0.2) is 4.39 Å². The van der Waals surface area contributed by atoms with Crippen molar-refractivity contribution in [3.05, 3.63) is 35.6 Å². The second kappa shape index (κ2) is 7.40. The summed E-state index contributed by atoms with van der Waals surface area (Å²) in [6.45, 7) is 8.09. The van der Waals surface area contributed by atoms with Crippen LogP contribution in [0.4, 0.5) is 4.39 Å². The first-order valence-corrected chi connectivity index (χ1v) is 8.49. The highest BCUT2D eigenvalue weighted by Gasteiger charge is 2.31. The van der Waals surface area contributed by atoms with Crippen molar-refractivity contribution in [2.24, 2.45) is 11.3 Å². The topological polar surface area (TPSA) is 12.0 Å². The molecule has 0 bridgehead atoms. The van der Waals surface area contributed by atoms with Gasteiger partial charge >= 0.3 is 0 Å². The lowest BCUT2D eigenvalue weighted by Crippen LogP contribution is -2.37. The third kappa shape index (κ3) is 4.81. The number of halogens is 1. The molecule has 0 aromatic heterocycles. The van der Waals surface area contributed by atoms with Crippen molar-refractivity contribution in [3.8, 4) is 0 Å². The van der Waals surface area contributed by atoms with Crippen LogP contribution in [0.5, 0.6) is 0 Å². The Balaban J connectivity index is 1.70. The summed E-state index contributed by atoms with van der Waals surface area (Å²) in [6.07, 6.45) is 7.46. The summed E-state index contributed by atoms with van der Waals surface area (Å²) in [5, 5.41) is 3.66. The molecular weight excluding hydrogens is 261 g/mol. The first-order chi connectivity index (χ1) is 10.0. The molecule has 1 N–H and O–H groups in total. The fourth-order valence-electron chi connectivity index (χ4n) is 3.48. The average molecular weight is 291 g/mol. The maximum Gasteiger partial charge on any atom is 0.123 e. The van der Waals surface area contributed by atoms with Crippen LogP contribution in [0.15, 0.2) is 24.3 Å². The fraction of sp³-hybridized carbons (Fsp3) is 0.684. The van der Waals surface area contributed by atoms with E-state index in [0.717, 1.165) is 24.4 Å². The Morgan fingerprint density at radius 3 is 2.52 bits per heavy atom. The average Bonchev–Trinajstić information content (AvgIpc) is 2.48. The third-order valence-corrected chi connectivity index (χ3v) is 5.48. The van der Waals surface area contributed by atoms with E-state index in [-0.39, 0.29) is 5.82 Å². The predicted octanol–water partition coefficient (Wildman–Crippen LogP) is 4.95. The van der Waals surface area contributed by atoms with Crippen LogP contribution >= 0.6 is 0 Å². The Hall–Kier alpha value is -0.890. The van der Waals surface area contributed by atoms with Crippen molar-refractivity contribution in [2.75, 3.05) is 6.54 Å². The minimum Gasteiger partial charge on any atom is -0.314 e. The Bertz CT molecular complexity index is 433. The van der Waals surface area contributed by atoms with Crippen molar-refractivity contribution < 1.29 is 4.39 Å². The van der Waals surface area contributed by atoms with Gasteiger partial charge < -0.3 is 5.32 Å². The lowest BCUT2D eigenvalue weighted by Gasteiger charge is -2.39. The zero-order valence-corrected chi connectivity index (χ0v) is 13.8. The predicted molar refractivity (Wildman–Crippen MR) is 87.9 cm³/mol. The largest absolute Gasteiger partial charge is 0.314 e. The fourth-order valence-corrected chi connectivity index (χ4v) is 3.48. The highest BCUT2D eigenvalue weighted by atomic mass is 19.1. The highest BCUT2D eigenvalue weighted by molar-refractivity contribution is 5.16. The molecule has 0 aliphatic heterocycles. The summed E-state index contributed by atoms with van der Waals surface area (Å²) >= 11 is 0. The quantitative estimate of drug-likeness (QED) is 0.781. The van der Waals surface area contributed by atoms with Gasteiger partial charge in [0.1, 0.15) is 5.82 Å². The van der Waals surface area contributed by atoms with Crippen molar-refractivity contribution in [2.45, 2.75) is 65.3 Å². The lowest BCUT2D eigenvalue weighted by molar-refractivity contribution is 0.137. The van der Waals surface area contributed by atoms with Gasteiger partial charge in [-0.1, -0.05) is 39.3 Å².